The smallest absolute Gasteiger partial charge is 0.243 e. The maximum atomic E-state index is 13.3. The van der Waals surface area contributed by atoms with Crippen LogP contribution in [0.3, 0.4) is 0 Å². The number of amides is 1. The van der Waals surface area contributed by atoms with Crippen LogP contribution in [0.4, 0.5) is 0 Å². The molecule has 1 fully saturated rings. The van der Waals surface area contributed by atoms with E-state index in [0.29, 0.717) is 30.8 Å². The van der Waals surface area contributed by atoms with Crippen molar-refractivity contribution < 1.29 is 13.2 Å². The number of hydrogen-bond acceptors (Lipinski definition) is 4. The summed E-state index contributed by atoms with van der Waals surface area (Å²) >= 11 is 1.52. The van der Waals surface area contributed by atoms with E-state index >= 15 is 0 Å². The van der Waals surface area contributed by atoms with E-state index in [-0.39, 0.29) is 17.2 Å². The first-order chi connectivity index (χ1) is 15.9. The second kappa shape index (κ2) is 10.5. The van der Waals surface area contributed by atoms with Crippen LogP contribution in [0.1, 0.15) is 29.2 Å². The molecule has 1 atom stereocenters. The molecule has 0 aliphatic carbocycles. The summed E-state index contributed by atoms with van der Waals surface area (Å²) in [6.45, 7) is 2.72. The van der Waals surface area contributed by atoms with Gasteiger partial charge in [-0.15, -0.1) is 11.8 Å². The van der Waals surface area contributed by atoms with Crippen molar-refractivity contribution in [2.45, 2.75) is 40.8 Å². The molecule has 1 aliphatic rings. The Hall–Kier alpha value is -2.61. The molecule has 1 N–H and O–H groups in total. The van der Waals surface area contributed by atoms with E-state index in [4.69, 9.17) is 0 Å². The number of carbonyl (C=O) groups is 1. The van der Waals surface area contributed by atoms with E-state index in [0.717, 1.165) is 16.0 Å². The zero-order valence-corrected chi connectivity index (χ0v) is 20.2. The normalized spacial score (nSPS) is 16.3. The molecule has 1 heterocycles. The number of thioether (sulfide) groups is 1. The molecule has 33 heavy (non-hydrogen) atoms. The molecule has 3 aromatic carbocycles. The highest BCUT2D eigenvalue weighted by molar-refractivity contribution is 8.00. The second-order valence-electron chi connectivity index (χ2n) is 8.22. The van der Waals surface area contributed by atoms with Gasteiger partial charge in [0.1, 0.15) is 5.25 Å². The number of hydrogen-bond donors (Lipinski definition) is 1. The third-order valence-electron chi connectivity index (χ3n) is 5.80. The van der Waals surface area contributed by atoms with Gasteiger partial charge in [-0.1, -0.05) is 66.2 Å². The summed E-state index contributed by atoms with van der Waals surface area (Å²) in [6.07, 6.45) is 1.18. The van der Waals surface area contributed by atoms with Crippen LogP contribution < -0.4 is 5.32 Å². The zero-order chi connectivity index (χ0) is 23.3. The largest absolute Gasteiger partial charge is 0.352 e. The van der Waals surface area contributed by atoms with Gasteiger partial charge < -0.3 is 5.32 Å². The molecule has 0 aromatic heterocycles. The van der Waals surface area contributed by atoms with E-state index < -0.39 is 10.0 Å². The SMILES string of the molecule is Cc1ccc(S(=O)(=O)N2CCC(NC(=O)C(Sc3ccccc3)c3ccccc3)CC2)cc1. The van der Waals surface area contributed by atoms with Crippen LogP contribution in [0.25, 0.3) is 0 Å². The van der Waals surface area contributed by atoms with Gasteiger partial charge in [-0.25, -0.2) is 8.42 Å². The van der Waals surface area contributed by atoms with Crippen LogP contribution in [-0.2, 0) is 14.8 Å². The standard InChI is InChI=1S/C26H28N2O3S2/c1-20-12-14-24(15-13-20)33(30,31)28-18-16-22(17-19-28)27-26(29)25(21-8-4-2-5-9-21)32-23-10-6-3-7-11-23/h2-15,22,25H,16-19H2,1H3,(H,27,29). The maximum absolute atomic E-state index is 13.3. The van der Waals surface area contributed by atoms with Gasteiger partial charge in [0, 0.05) is 24.0 Å². The predicted octanol–water partition coefficient (Wildman–Crippen LogP) is 4.80. The van der Waals surface area contributed by atoms with Gasteiger partial charge in [0.15, 0.2) is 0 Å². The summed E-state index contributed by atoms with van der Waals surface area (Å²) in [5.74, 6) is -0.0464. The topological polar surface area (TPSA) is 66.5 Å². The van der Waals surface area contributed by atoms with Crippen molar-refractivity contribution in [3.05, 3.63) is 96.1 Å². The number of nitrogens with zero attached hydrogens (tertiary/aromatic N) is 1. The number of sulfonamides is 1. The van der Waals surface area contributed by atoms with Gasteiger partial charge in [-0.05, 0) is 49.6 Å². The van der Waals surface area contributed by atoms with Crippen molar-refractivity contribution in [3.63, 3.8) is 0 Å². The van der Waals surface area contributed by atoms with Gasteiger partial charge in [0.05, 0.1) is 4.90 Å². The van der Waals surface area contributed by atoms with Gasteiger partial charge in [0.2, 0.25) is 15.9 Å². The number of benzene rings is 3. The van der Waals surface area contributed by atoms with Crippen molar-refractivity contribution >= 4 is 27.7 Å². The Morgan fingerprint density at radius 3 is 2.09 bits per heavy atom. The molecule has 172 valence electrons. The molecule has 4 rings (SSSR count). The molecule has 0 bridgehead atoms. The molecule has 5 nitrogen and oxygen atoms in total. The fourth-order valence-corrected chi connectivity index (χ4v) is 6.44. The van der Waals surface area contributed by atoms with Crippen LogP contribution in [0, 0.1) is 6.92 Å². The van der Waals surface area contributed by atoms with Crippen LogP contribution >= 0.6 is 11.8 Å². The lowest BCUT2D eigenvalue weighted by Gasteiger charge is -2.32. The minimum absolute atomic E-state index is 0.0464. The highest BCUT2D eigenvalue weighted by Gasteiger charge is 2.31. The molecular formula is C26H28N2O3S2. The highest BCUT2D eigenvalue weighted by atomic mass is 32.2. The third-order valence-corrected chi connectivity index (χ3v) is 8.98. The summed E-state index contributed by atoms with van der Waals surface area (Å²) in [4.78, 5) is 14.6. The highest BCUT2D eigenvalue weighted by Crippen LogP contribution is 2.35. The Balaban J connectivity index is 1.41. The number of rotatable bonds is 7. The first-order valence-electron chi connectivity index (χ1n) is 11.1. The van der Waals surface area contributed by atoms with Gasteiger partial charge in [-0.3, -0.25) is 4.79 Å². The lowest BCUT2D eigenvalue weighted by Crippen LogP contribution is -2.47. The maximum Gasteiger partial charge on any atom is 0.243 e. The number of piperidine rings is 1. The summed E-state index contributed by atoms with van der Waals surface area (Å²) in [5.41, 5.74) is 1.97. The molecule has 7 heteroatoms. The van der Waals surface area contributed by atoms with Crippen molar-refractivity contribution in [3.8, 4) is 0 Å². The average molecular weight is 481 g/mol. The van der Waals surface area contributed by atoms with Crippen molar-refractivity contribution in [1.29, 1.82) is 0 Å². The third kappa shape index (κ3) is 5.85. The molecule has 1 aliphatic heterocycles. The Morgan fingerprint density at radius 1 is 0.909 bits per heavy atom. The van der Waals surface area contributed by atoms with Crippen LogP contribution in [0.5, 0.6) is 0 Å². The predicted molar refractivity (Wildman–Crippen MR) is 133 cm³/mol. The van der Waals surface area contributed by atoms with Gasteiger partial charge >= 0.3 is 0 Å². The van der Waals surface area contributed by atoms with E-state index in [1.54, 1.807) is 12.1 Å². The molecule has 3 aromatic rings. The molecule has 0 spiro atoms. The van der Waals surface area contributed by atoms with E-state index in [9.17, 15) is 13.2 Å². The molecule has 1 unspecified atom stereocenters. The average Bonchev–Trinajstić information content (AvgIpc) is 2.84. The number of carbonyl (C=O) groups excluding carboxylic acids is 1. The summed E-state index contributed by atoms with van der Waals surface area (Å²) in [6, 6.07) is 26.5. The first-order valence-corrected chi connectivity index (χ1v) is 13.4. The molecule has 0 saturated carbocycles. The Morgan fingerprint density at radius 2 is 1.48 bits per heavy atom. The number of aryl methyl sites for hydroxylation is 1. The number of nitrogens with one attached hydrogen (secondary N) is 1. The zero-order valence-electron chi connectivity index (χ0n) is 18.6. The van der Waals surface area contributed by atoms with Crippen molar-refractivity contribution in [2.75, 3.05) is 13.1 Å². The van der Waals surface area contributed by atoms with Gasteiger partial charge in [0.25, 0.3) is 0 Å². The Bertz CT molecular complexity index is 1160. The Labute approximate surface area is 200 Å². The monoisotopic (exact) mass is 480 g/mol. The molecule has 1 amide bonds. The van der Waals surface area contributed by atoms with Crippen molar-refractivity contribution in [1.82, 2.24) is 9.62 Å². The minimum Gasteiger partial charge on any atom is -0.352 e. The second-order valence-corrected chi connectivity index (χ2v) is 11.3. The first kappa shape index (κ1) is 23.5. The lowest BCUT2D eigenvalue weighted by molar-refractivity contribution is -0.121. The minimum atomic E-state index is -3.51. The van der Waals surface area contributed by atoms with Crippen LogP contribution in [0.2, 0.25) is 0 Å². The summed E-state index contributed by atoms with van der Waals surface area (Å²) in [5, 5.41) is 2.80. The van der Waals surface area contributed by atoms with E-state index in [1.165, 1.54) is 16.1 Å². The summed E-state index contributed by atoms with van der Waals surface area (Å²) in [7, 11) is -3.51. The van der Waals surface area contributed by atoms with E-state index in [1.807, 2.05) is 79.7 Å². The van der Waals surface area contributed by atoms with Crippen LogP contribution in [0.15, 0.2) is 94.7 Å². The fraction of sp³-hybridized carbons (Fsp3) is 0.269. The lowest BCUT2D eigenvalue weighted by atomic mass is 10.1. The molecule has 1 saturated heterocycles. The Kier molecular flexibility index (Phi) is 7.53. The van der Waals surface area contributed by atoms with E-state index in [2.05, 4.69) is 5.32 Å². The quantitative estimate of drug-likeness (QED) is 0.494. The van der Waals surface area contributed by atoms with Crippen molar-refractivity contribution in [2.24, 2.45) is 0 Å². The molecule has 0 radical (unpaired) electrons. The summed E-state index contributed by atoms with van der Waals surface area (Å²) < 4.78 is 27.4. The molecular weight excluding hydrogens is 452 g/mol. The van der Waals surface area contributed by atoms with Crippen LogP contribution in [-0.4, -0.2) is 37.8 Å². The van der Waals surface area contributed by atoms with Gasteiger partial charge in [-0.2, -0.15) is 4.31 Å². The fourth-order valence-electron chi connectivity index (χ4n) is 3.91.